The van der Waals surface area contributed by atoms with Crippen LogP contribution in [0.25, 0.3) is 22.8 Å². The third-order valence-electron chi connectivity index (χ3n) is 4.92. The zero-order valence-corrected chi connectivity index (χ0v) is 17.9. The highest BCUT2D eigenvalue weighted by Crippen LogP contribution is 2.28. The van der Waals surface area contributed by atoms with E-state index in [1.165, 1.54) is 23.9 Å². The van der Waals surface area contributed by atoms with E-state index in [-0.39, 0.29) is 5.82 Å². The van der Waals surface area contributed by atoms with E-state index in [4.69, 9.17) is 4.42 Å². The van der Waals surface area contributed by atoms with Gasteiger partial charge in [-0.05, 0) is 42.0 Å². The minimum absolute atomic E-state index is 0.280. The van der Waals surface area contributed by atoms with Crippen molar-refractivity contribution in [1.29, 1.82) is 0 Å². The second-order valence-electron chi connectivity index (χ2n) is 7.18. The standard InChI is InChI=1S/C25H19FN4OS/c26-21-13-11-19(12-14-21)23-28-29-25(30(23)15-18-7-3-1-4-8-18)32-17-22-16-31-24(27-22)20-9-5-2-6-10-20/h1-14,16H,15,17H2. The molecule has 32 heavy (non-hydrogen) atoms. The lowest BCUT2D eigenvalue weighted by atomic mass is 10.2. The van der Waals surface area contributed by atoms with E-state index >= 15 is 0 Å². The van der Waals surface area contributed by atoms with Gasteiger partial charge in [-0.15, -0.1) is 10.2 Å². The molecule has 0 amide bonds. The molecule has 0 spiro atoms. The Labute approximate surface area is 189 Å². The molecule has 3 aromatic carbocycles. The second-order valence-corrected chi connectivity index (χ2v) is 8.13. The Morgan fingerprint density at radius 2 is 1.53 bits per heavy atom. The molecule has 0 atom stereocenters. The Kier molecular flexibility index (Phi) is 5.81. The van der Waals surface area contributed by atoms with Gasteiger partial charge in [-0.25, -0.2) is 9.37 Å². The molecular formula is C25H19FN4OS. The summed E-state index contributed by atoms with van der Waals surface area (Å²) in [6.45, 7) is 0.608. The summed E-state index contributed by atoms with van der Waals surface area (Å²) < 4.78 is 21.1. The van der Waals surface area contributed by atoms with Gasteiger partial charge in [0.1, 0.15) is 12.1 Å². The van der Waals surface area contributed by atoms with Crippen LogP contribution in [0.15, 0.2) is 101 Å². The van der Waals surface area contributed by atoms with Crippen LogP contribution in [0.5, 0.6) is 0 Å². The monoisotopic (exact) mass is 442 g/mol. The van der Waals surface area contributed by atoms with Crippen LogP contribution >= 0.6 is 11.8 Å². The summed E-state index contributed by atoms with van der Waals surface area (Å²) in [5.41, 5.74) is 3.71. The first-order valence-electron chi connectivity index (χ1n) is 10.1. The normalized spacial score (nSPS) is 11.0. The minimum Gasteiger partial charge on any atom is -0.444 e. The first kappa shape index (κ1) is 20.2. The molecule has 158 valence electrons. The molecule has 0 bridgehead atoms. The zero-order chi connectivity index (χ0) is 21.8. The summed E-state index contributed by atoms with van der Waals surface area (Å²) in [6.07, 6.45) is 1.67. The van der Waals surface area contributed by atoms with Crippen molar-refractivity contribution in [2.75, 3.05) is 0 Å². The number of hydrogen-bond acceptors (Lipinski definition) is 5. The largest absolute Gasteiger partial charge is 0.444 e. The maximum Gasteiger partial charge on any atom is 0.226 e. The molecule has 0 fully saturated rings. The van der Waals surface area contributed by atoms with Crippen molar-refractivity contribution in [3.05, 3.63) is 108 Å². The van der Waals surface area contributed by atoms with Crippen LogP contribution < -0.4 is 0 Å². The molecule has 0 aliphatic heterocycles. The number of oxazole rings is 1. The van der Waals surface area contributed by atoms with Gasteiger partial charge >= 0.3 is 0 Å². The summed E-state index contributed by atoms with van der Waals surface area (Å²) in [4.78, 5) is 4.60. The zero-order valence-electron chi connectivity index (χ0n) is 17.1. The van der Waals surface area contributed by atoms with Crippen LogP contribution in [0.1, 0.15) is 11.3 Å². The highest BCUT2D eigenvalue weighted by atomic mass is 32.2. The van der Waals surface area contributed by atoms with Crippen LogP contribution in [-0.4, -0.2) is 19.7 Å². The van der Waals surface area contributed by atoms with E-state index in [0.717, 1.165) is 27.5 Å². The Morgan fingerprint density at radius 3 is 2.28 bits per heavy atom. The van der Waals surface area contributed by atoms with Crippen molar-refractivity contribution in [3.8, 4) is 22.8 Å². The van der Waals surface area contributed by atoms with Crippen LogP contribution in [0.4, 0.5) is 4.39 Å². The summed E-state index contributed by atoms with van der Waals surface area (Å²) in [5, 5.41) is 9.58. The van der Waals surface area contributed by atoms with Crippen LogP contribution in [0, 0.1) is 5.82 Å². The van der Waals surface area contributed by atoms with Crippen molar-refractivity contribution >= 4 is 11.8 Å². The molecule has 0 saturated carbocycles. The molecule has 0 aliphatic rings. The lowest BCUT2D eigenvalue weighted by Crippen LogP contribution is -2.04. The lowest BCUT2D eigenvalue weighted by Gasteiger charge is -2.10. The van der Waals surface area contributed by atoms with E-state index < -0.39 is 0 Å². The first-order valence-corrected chi connectivity index (χ1v) is 11.1. The van der Waals surface area contributed by atoms with Crippen LogP contribution in [0.3, 0.4) is 0 Å². The third-order valence-corrected chi connectivity index (χ3v) is 5.92. The van der Waals surface area contributed by atoms with Gasteiger partial charge in [0.15, 0.2) is 11.0 Å². The van der Waals surface area contributed by atoms with Gasteiger partial charge in [0.2, 0.25) is 5.89 Å². The van der Waals surface area contributed by atoms with Gasteiger partial charge in [0, 0.05) is 16.9 Å². The van der Waals surface area contributed by atoms with Gasteiger partial charge in [0.05, 0.1) is 12.2 Å². The predicted octanol–water partition coefficient (Wildman–Crippen LogP) is 6.08. The van der Waals surface area contributed by atoms with E-state index in [1.54, 1.807) is 18.4 Å². The Morgan fingerprint density at radius 1 is 0.812 bits per heavy atom. The highest BCUT2D eigenvalue weighted by molar-refractivity contribution is 7.98. The number of benzene rings is 3. The Hall–Kier alpha value is -3.71. The van der Waals surface area contributed by atoms with Crippen molar-refractivity contribution in [3.63, 3.8) is 0 Å². The molecule has 0 radical (unpaired) electrons. The molecule has 7 heteroatoms. The van der Waals surface area contributed by atoms with Gasteiger partial charge in [0.25, 0.3) is 0 Å². The van der Waals surface area contributed by atoms with Crippen LogP contribution in [0.2, 0.25) is 0 Å². The third kappa shape index (κ3) is 4.48. The summed E-state index contributed by atoms with van der Waals surface area (Å²) in [6, 6.07) is 26.2. The number of nitrogens with zero attached hydrogens (tertiary/aromatic N) is 4. The van der Waals surface area contributed by atoms with Crippen molar-refractivity contribution in [2.45, 2.75) is 17.5 Å². The molecule has 0 N–H and O–H groups in total. The van der Waals surface area contributed by atoms with Crippen molar-refractivity contribution in [2.24, 2.45) is 0 Å². The van der Waals surface area contributed by atoms with E-state index in [2.05, 4.69) is 27.3 Å². The van der Waals surface area contributed by atoms with Gasteiger partial charge in [-0.3, -0.25) is 4.57 Å². The lowest BCUT2D eigenvalue weighted by molar-refractivity contribution is 0.573. The molecule has 0 aliphatic carbocycles. The maximum absolute atomic E-state index is 13.4. The highest BCUT2D eigenvalue weighted by Gasteiger charge is 2.16. The smallest absolute Gasteiger partial charge is 0.226 e. The fourth-order valence-electron chi connectivity index (χ4n) is 3.34. The molecule has 0 unspecified atom stereocenters. The number of rotatable bonds is 7. The molecule has 2 aromatic heterocycles. The number of hydrogen-bond donors (Lipinski definition) is 0. The molecule has 0 saturated heterocycles. The summed E-state index contributed by atoms with van der Waals surface area (Å²) >= 11 is 1.54. The molecular weight excluding hydrogens is 423 g/mol. The second kappa shape index (κ2) is 9.20. The van der Waals surface area contributed by atoms with Gasteiger partial charge < -0.3 is 4.42 Å². The maximum atomic E-state index is 13.4. The average molecular weight is 443 g/mol. The van der Waals surface area contributed by atoms with E-state index in [1.807, 2.05) is 53.1 Å². The minimum atomic E-state index is -0.280. The molecule has 5 nitrogen and oxygen atoms in total. The summed E-state index contributed by atoms with van der Waals surface area (Å²) in [7, 11) is 0. The SMILES string of the molecule is Fc1ccc(-c2nnc(SCc3coc(-c4ccccc4)n3)n2Cc2ccccc2)cc1. The predicted molar refractivity (Wildman–Crippen MR) is 122 cm³/mol. The number of thioether (sulfide) groups is 1. The van der Waals surface area contributed by atoms with E-state index in [9.17, 15) is 4.39 Å². The first-order chi connectivity index (χ1) is 15.8. The molecule has 5 aromatic rings. The van der Waals surface area contributed by atoms with Crippen molar-refractivity contribution in [1.82, 2.24) is 19.7 Å². The van der Waals surface area contributed by atoms with Gasteiger partial charge in [-0.1, -0.05) is 60.3 Å². The quantitative estimate of drug-likeness (QED) is 0.286. The van der Waals surface area contributed by atoms with Gasteiger partial charge in [-0.2, -0.15) is 0 Å². The van der Waals surface area contributed by atoms with E-state index in [0.29, 0.717) is 24.0 Å². The number of halogens is 1. The Bertz CT molecular complexity index is 1300. The Balaban J connectivity index is 1.41. The molecule has 2 heterocycles. The fraction of sp³-hybridized carbons (Fsp3) is 0.0800. The van der Waals surface area contributed by atoms with Crippen LogP contribution in [-0.2, 0) is 12.3 Å². The average Bonchev–Trinajstić information content (AvgIpc) is 3.47. The number of aromatic nitrogens is 4. The fourth-order valence-corrected chi connectivity index (χ4v) is 4.16. The summed E-state index contributed by atoms with van der Waals surface area (Å²) in [5.74, 6) is 1.60. The molecule has 5 rings (SSSR count). The topological polar surface area (TPSA) is 56.7 Å². The van der Waals surface area contributed by atoms with Crippen molar-refractivity contribution < 1.29 is 8.81 Å².